The molecule has 0 atom stereocenters. The monoisotopic (exact) mass is 660 g/mol. The number of rotatable bonds is 9. The summed E-state index contributed by atoms with van der Waals surface area (Å²) >= 11 is 6.00. The molecule has 1 fully saturated rings. The number of carbonyl (C=O) groups is 1. The number of amides is 1. The van der Waals surface area contributed by atoms with Gasteiger partial charge in [-0.1, -0.05) is 11.6 Å². The molecular weight excluding hydrogens is 640 g/mol. The average Bonchev–Trinajstić information content (AvgIpc) is 3.69. The molecule has 1 aliphatic rings. The van der Waals surface area contributed by atoms with Gasteiger partial charge >= 0.3 is 15.6 Å². The fraction of sp³-hybridized carbons (Fsp3) is 0.222. The SMILES string of the molecule is CNC(=O)c1c(-c2ccc(Cl)cc2)oc2cc(CS(=O)(=O)Nc3ccc(OS(=O)(=O)C(F)(F)F)c(F)c3)c(C3CC3)cc12. The summed E-state index contributed by atoms with van der Waals surface area (Å²) < 4.78 is 113. The van der Waals surface area contributed by atoms with Crippen molar-refractivity contribution in [2.45, 2.75) is 30.0 Å². The fourth-order valence-corrected chi connectivity index (χ4v) is 6.28. The number of hydrogen-bond acceptors (Lipinski definition) is 7. The maximum Gasteiger partial charge on any atom is 0.534 e. The molecule has 43 heavy (non-hydrogen) atoms. The number of halogens is 5. The van der Waals surface area contributed by atoms with Gasteiger partial charge in [0.1, 0.15) is 11.3 Å². The highest BCUT2D eigenvalue weighted by Crippen LogP contribution is 2.45. The molecule has 16 heteroatoms. The van der Waals surface area contributed by atoms with Crippen molar-refractivity contribution < 1.29 is 47.8 Å². The van der Waals surface area contributed by atoms with Crippen molar-refractivity contribution >= 4 is 54.3 Å². The highest BCUT2D eigenvalue weighted by molar-refractivity contribution is 7.91. The number of hydrogen-bond donors (Lipinski definition) is 2. The quantitative estimate of drug-likeness (QED) is 0.122. The molecule has 0 spiro atoms. The molecule has 0 radical (unpaired) electrons. The van der Waals surface area contributed by atoms with Gasteiger partial charge in [0.15, 0.2) is 11.6 Å². The summed E-state index contributed by atoms with van der Waals surface area (Å²) in [6, 6.07) is 11.8. The number of nitrogens with one attached hydrogen (secondary N) is 2. The van der Waals surface area contributed by atoms with Gasteiger partial charge in [-0.15, -0.1) is 0 Å². The number of sulfonamides is 1. The van der Waals surface area contributed by atoms with Crippen LogP contribution in [0.4, 0.5) is 23.2 Å². The second-order valence-electron chi connectivity index (χ2n) is 9.70. The van der Waals surface area contributed by atoms with Crippen molar-refractivity contribution in [3.8, 4) is 17.1 Å². The molecule has 0 saturated heterocycles. The third-order valence-electron chi connectivity index (χ3n) is 6.56. The minimum absolute atomic E-state index is 0.0328. The van der Waals surface area contributed by atoms with Gasteiger partial charge in [-0.25, -0.2) is 12.8 Å². The summed E-state index contributed by atoms with van der Waals surface area (Å²) in [7, 11) is -8.91. The first-order chi connectivity index (χ1) is 20.1. The Kier molecular flexibility index (Phi) is 7.86. The van der Waals surface area contributed by atoms with Gasteiger partial charge in [0.25, 0.3) is 5.91 Å². The van der Waals surface area contributed by atoms with Gasteiger partial charge in [-0.2, -0.15) is 21.6 Å². The maximum atomic E-state index is 14.4. The Morgan fingerprint density at radius 1 is 1.05 bits per heavy atom. The molecule has 0 unspecified atom stereocenters. The summed E-state index contributed by atoms with van der Waals surface area (Å²) in [6.45, 7) is 0. The molecule has 9 nitrogen and oxygen atoms in total. The number of fused-ring (bicyclic) bond motifs is 1. The minimum atomic E-state index is -6.13. The van der Waals surface area contributed by atoms with Crippen LogP contribution in [0.15, 0.2) is 59.0 Å². The van der Waals surface area contributed by atoms with Crippen molar-refractivity contribution in [1.82, 2.24) is 5.32 Å². The zero-order valence-electron chi connectivity index (χ0n) is 22.0. The molecule has 1 amide bonds. The molecule has 1 aromatic heterocycles. The van der Waals surface area contributed by atoms with Crippen LogP contribution in [-0.4, -0.2) is 35.3 Å². The molecular formula is C27H21ClF4N2O7S2. The van der Waals surface area contributed by atoms with Crippen molar-refractivity contribution in [2.75, 3.05) is 11.8 Å². The van der Waals surface area contributed by atoms with Crippen LogP contribution in [0, 0.1) is 5.82 Å². The zero-order chi connectivity index (χ0) is 31.3. The summed E-state index contributed by atoms with van der Waals surface area (Å²) in [5.74, 6) is -3.52. The van der Waals surface area contributed by atoms with Gasteiger partial charge < -0.3 is 13.9 Å². The fourth-order valence-electron chi connectivity index (χ4n) is 4.47. The van der Waals surface area contributed by atoms with E-state index in [0.29, 0.717) is 39.2 Å². The predicted octanol–water partition coefficient (Wildman–Crippen LogP) is 6.30. The summed E-state index contributed by atoms with van der Waals surface area (Å²) in [5, 5.41) is 3.55. The molecule has 0 bridgehead atoms. The maximum absolute atomic E-state index is 14.4. The molecule has 0 aliphatic heterocycles. The first-order valence-corrected chi connectivity index (χ1v) is 15.9. The third-order valence-corrected chi connectivity index (χ3v) is 9.02. The van der Waals surface area contributed by atoms with E-state index in [-0.39, 0.29) is 28.5 Å². The lowest BCUT2D eigenvalue weighted by Crippen LogP contribution is -2.28. The minimum Gasteiger partial charge on any atom is -0.455 e. The largest absolute Gasteiger partial charge is 0.534 e. The van der Waals surface area contributed by atoms with E-state index >= 15 is 0 Å². The molecule has 4 aromatic rings. The summed E-state index contributed by atoms with van der Waals surface area (Å²) in [5.41, 5.74) is -4.05. The molecule has 1 aliphatic carbocycles. The van der Waals surface area contributed by atoms with E-state index in [1.807, 2.05) is 0 Å². The van der Waals surface area contributed by atoms with Crippen molar-refractivity contribution in [3.05, 3.63) is 82.1 Å². The Morgan fingerprint density at radius 3 is 2.30 bits per heavy atom. The van der Waals surface area contributed by atoms with E-state index in [9.17, 15) is 39.2 Å². The Hall–Kier alpha value is -3.82. The van der Waals surface area contributed by atoms with Crippen LogP contribution in [-0.2, 0) is 25.9 Å². The predicted molar refractivity (Wildman–Crippen MR) is 150 cm³/mol. The Balaban J connectivity index is 1.48. The van der Waals surface area contributed by atoms with Gasteiger partial charge in [-0.3, -0.25) is 9.52 Å². The molecule has 5 rings (SSSR count). The van der Waals surface area contributed by atoms with Crippen LogP contribution < -0.4 is 14.2 Å². The Morgan fingerprint density at radius 2 is 1.72 bits per heavy atom. The van der Waals surface area contributed by atoms with E-state index in [1.165, 1.54) is 13.1 Å². The topological polar surface area (TPSA) is 132 Å². The lowest BCUT2D eigenvalue weighted by molar-refractivity contribution is -0.0500. The van der Waals surface area contributed by atoms with Crippen LogP contribution in [0.1, 0.15) is 40.2 Å². The Bertz CT molecular complexity index is 1960. The zero-order valence-corrected chi connectivity index (χ0v) is 24.3. The van der Waals surface area contributed by atoms with Crippen LogP contribution in [0.25, 0.3) is 22.3 Å². The normalized spacial score (nSPS) is 14.1. The highest BCUT2D eigenvalue weighted by atomic mass is 35.5. The standard InChI is InChI=1S/C27H21ClF4N2O7S2/c1-33-26(35)24-20-12-19(14-2-3-14)16(10-23(20)40-25(24)15-4-6-17(28)7-5-15)13-42(36,37)34-18-8-9-22(21(29)11-18)41-43(38,39)27(30,31)32/h4-12,14,34H,2-3,13H2,1H3,(H,33,35). The van der Waals surface area contributed by atoms with E-state index in [2.05, 4.69) is 14.2 Å². The number of anilines is 1. The van der Waals surface area contributed by atoms with E-state index in [0.717, 1.165) is 18.9 Å². The average molecular weight is 661 g/mol. The third kappa shape index (κ3) is 6.43. The lowest BCUT2D eigenvalue weighted by Gasteiger charge is -2.13. The van der Waals surface area contributed by atoms with E-state index < -0.39 is 48.9 Å². The summed E-state index contributed by atoms with van der Waals surface area (Å²) in [6.07, 6.45) is 1.58. The molecule has 228 valence electrons. The second kappa shape index (κ2) is 11.0. The molecule has 1 heterocycles. The summed E-state index contributed by atoms with van der Waals surface area (Å²) in [4.78, 5) is 12.9. The first-order valence-electron chi connectivity index (χ1n) is 12.5. The highest BCUT2D eigenvalue weighted by Gasteiger charge is 2.49. The van der Waals surface area contributed by atoms with Gasteiger partial charge in [0, 0.05) is 29.1 Å². The molecule has 3 aromatic carbocycles. The van der Waals surface area contributed by atoms with Crippen molar-refractivity contribution in [3.63, 3.8) is 0 Å². The van der Waals surface area contributed by atoms with Gasteiger partial charge in [0.05, 0.1) is 17.0 Å². The molecule has 2 N–H and O–H groups in total. The van der Waals surface area contributed by atoms with Gasteiger partial charge in [0.2, 0.25) is 10.0 Å². The van der Waals surface area contributed by atoms with Crippen molar-refractivity contribution in [1.29, 1.82) is 0 Å². The van der Waals surface area contributed by atoms with E-state index in [1.54, 1.807) is 30.3 Å². The smallest absolute Gasteiger partial charge is 0.455 e. The van der Waals surface area contributed by atoms with Crippen LogP contribution in [0.2, 0.25) is 5.02 Å². The lowest BCUT2D eigenvalue weighted by atomic mass is 9.98. The van der Waals surface area contributed by atoms with Crippen LogP contribution >= 0.6 is 11.6 Å². The van der Waals surface area contributed by atoms with Crippen LogP contribution in [0.3, 0.4) is 0 Å². The van der Waals surface area contributed by atoms with Crippen LogP contribution in [0.5, 0.6) is 5.75 Å². The number of carbonyl (C=O) groups excluding carboxylic acids is 1. The molecule has 1 saturated carbocycles. The number of furan rings is 1. The second-order valence-corrected chi connectivity index (χ2v) is 13.4. The van der Waals surface area contributed by atoms with E-state index in [4.69, 9.17) is 16.0 Å². The van der Waals surface area contributed by atoms with Crippen molar-refractivity contribution in [2.24, 2.45) is 0 Å². The Labute approximate surface area is 248 Å². The number of benzene rings is 3. The van der Waals surface area contributed by atoms with Gasteiger partial charge in [-0.05, 0) is 78.4 Å². The first kappa shape index (κ1) is 30.6. The number of alkyl halides is 3.